The number of carboxylic acid groups (broad SMARTS) is 2. The van der Waals surface area contributed by atoms with Crippen molar-refractivity contribution in [2.45, 2.75) is 19.3 Å². The van der Waals surface area contributed by atoms with Crippen LogP contribution >= 0.6 is 7.92 Å². The molecule has 0 unspecified atom stereocenters. The summed E-state index contributed by atoms with van der Waals surface area (Å²) in [5.74, 6) is -1.74. The van der Waals surface area contributed by atoms with E-state index in [9.17, 15) is 14.4 Å². The van der Waals surface area contributed by atoms with E-state index >= 15 is 0 Å². The molecule has 0 aromatic carbocycles. The Morgan fingerprint density at radius 3 is 1.80 bits per heavy atom. The van der Waals surface area contributed by atoms with Crippen molar-refractivity contribution in [2.24, 2.45) is 0 Å². The van der Waals surface area contributed by atoms with Gasteiger partial charge in [0.2, 0.25) is 0 Å². The summed E-state index contributed by atoms with van der Waals surface area (Å²) in [5, 5.41) is 17.0. The van der Waals surface area contributed by atoms with Crippen LogP contribution in [0.25, 0.3) is 0 Å². The smallest absolute Gasteiger partial charge is 0.303 e. The molecular formula is C9H15O5P. The average Bonchev–Trinajstić information content (AvgIpc) is 2.16. The van der Waals surface area contributed by atoms with Gasteiger partial charge in [-0.3, -0.25) is 9.59 Å². The molecule has 6 heteroatoms. The largest absolute Gasteiger partial charge is 0.481 e. The molecule has 0 saturated carbocycles. The van der Waals surface area contributed by atoms with Gasteiger partial charge in [-0.15, -0.1) is 7.92 Å². The summed E-state index contributed by atoms with van der Waals surface area (Å²) in [6.07, 6.45) is 2.95. The second kappa shape index (κ2) is 8.36. The Morgan fingerprint density at radius 1 is 1.00 bits per heavy atom. The number of aldehydes is 1. The molecule has 0 aliphatic carbocycles. The van der Waals surface area contributed by atoms with Crippen molar-refractivity contribution < 1.29 is 24.6 Å². The average molecular weight is 234 g/mol. The van der Waals surface area contributed by atoms with Gasteiger partial charge in [0, 0.05) is 19.3 Å². The lowest BCUT2D eigenvalue weighted by molar-refractivity contribution is -0.137. The van der Waals surface area contributed by atoms with Crippen molar-refractivity contribution in [2.75, 3.05) is 18.5 Å². The van der Waals surface area contributed by atoms with Crippen LogP contribution in [0.3, 0.4) is 0 Å². The molecule has 0 spiro atoms. The van der Waals surface area contributed by atoms with Crippen molar-refractivity contribution >= 4 is 26.1 Å². The van der Waals surface area contributed by atoms with E-state index < -0.39 is 19.9 Å². The van der Waals surface area contributed by atoms with Gasteiger partial charge in [0.15, 0.2) is 0 Å². The highest BCUT2D eigenvalue weighted by Gasteiger charge is 2.11. The third kappa shape index (κ3) is 9.35. The first-order valence-electron chi connectivity index (χ1n) is 4.66. The summed E-state index contributed by atoms with van der Waals surface area (Å²) in [7, 11) is -0.624. The molecule has 0 saturated heterocycles. The molecule has 0 fully saturated rings. The SMILES string of the molecule is O=CCCP(CCC(=O)O)CCC(=O)O. The molecule has 0 bridgehead atoms. The lowest BCUT2D eigenvalue weighted by atomic mass is 10.5. The third-order valence-corrected chi connectivity index (χ3v) is 4.45. The standard InChI is InChI=1S/C9H15O5P/c10-4-1-5-15(6-2-8(11)12)7-3-9(13)14/h4H,1-3,5-7H2,(H,11,12)(H,13,14). The Labute approximate surface area is 89.2 Å². The fourth-order valence-corrected chi connectivity index (χ4v) is 3.23. The van der Waals surface area contributed by atoms with Crippen molar-refractivity contribution in [3.05, 3.63) is 0 Å². The summed E-state index contributed by atoms with van der Waals surface area (Å²) in [6, 6.07) is 0. The Hall–Kier alpha value is -0.960. The first-order valence-corrected chi connectivity index (χ1v) is 6.55. The van der Waals surface area contributed by atoms with Gasteiger partial charge in [0.05, 0.1) is 0 Å². The minimum atomic E-state index is -0.871. The summed E-state index contributed by atoms with van der Waals surface area (Å²) in [5.41, 5.74) is 0. The van der Waals surface area contributed by atoms with Gasteiger partial charge in [-0.05, 0) is 18.5 Å². The number of carbonyl (C=O) groups excluding carboxylic acids is 1. The quantitative estimate of drug-likeness (QED) is 0.458. The third-order valence-electron chi connectivity index (χ3n) is 1.85. The first-order chi connectivity index (χ1) is 7.06. The normalized spacial score (nSPS) is 10.2. The van der Waals surface area contributed by atoms with Crippen LogP contribution in [0.2, 0.25) is 0 Å². The van der Waals surface area contributed by atoms with E-state index in [0.717, 1.165) is 6.29 Å². The van der Waals surface area contributed by atoms with E-state index in [1.54, 1.807) is 0 Å². The topological polar surface area (TPSA) is 91.7 Å². The van der Waals surface area contributed by atoms with Crippen LogP contribution in [0.4, 0.5) is 0 Å². The number of carboxylic acids is 2. The van der Waals surface area contributed by atoms with E-state index in [1.165, 1.54) is 0 Å². The molecule has 0 atom stereocenters. The van der Waals surface area contributed by atoms with E-state index in [4.69, 9.17) is 10.2 Å². The first kappa shape index (κ1) is 14.0. The second-order valence-electron chi connectivity index (χ2n) is 3.08. The van der Waals surface area contributed by atoms with Crippen LogP contribution < -0.4 is 0 Å². The Balaban J connectivity index is 3.87. The maximum atomic E-state index is 10.3. The molecule has 0 aromatic heterocycles. The maximum absolute atomic E-state index is 10.3. The summed E-state index contributed by atoms with van der Waals surface area (Å²) in [4.78, 5) is 30.8. The summed E-state index contributed by atoms with van der Waals surface area (Å²) < 4.78 is 0. The minimum Gasteiger partial charge on any atom is -0.481 e. The molecule has 0 aromatic rings. The van der Waals surface area contributed by atoms with E-state index in [2.05, 4.69) is 0 Å². The van der Waals surface area contributed by atoms with Gasteiger partial charge in [-0.1, -0.05) is 0 Å². The van der Waals surface area contributed by atoms with Gasteiger partial charge < -0.3 is 15.0 Å². The van der Waals surface area contributed by atoms with E-state index in [1.807, 2.05) is 0 Å². The van der Waals surface area contributed by atoms with Crippen molar-refractivity contribution in [1.82, 2.24) is 0 Å². The highest BCUT2D eigenvalue weighted by atomic mass is 31.1. The predicted octanol–water partition coefficient (Wildman–Crippen LogP) is 1.01. The molecule has 0 aliphatic heterocycles. The Kier molecular flexibility index (Phi) is 7.82. The van der Waals surface area contributed by atoms with Crippen molar-refractivity contribution in [3.63, 3.8) is 0 Å². The molecule has 0 radical (unpaired) electrons. The second-order valence-corrected chi connectivity index (χ2v) is 5.77. The van der Waals surface area contributed by atoms with Crippen LogP contribution in [0.5, 0.6) is 0 Å². The van der Waals surface area contributed by atoms with E-state index in [-0.39, 0.29) is 12.8 Å². The zero-order chi connectivity index (χ0) is 11.7. The van der Waals surface area contributed by atoms with Gasteiger partial charge in [-0.2, -0.15) is 0 Å². The number of carbonyl (C=O) groups is 3. The molecule has 0 rings (SSSR count). The summed E-state index contributed by atoms with van der Waals surface area (Å²) >= 11 is 0. The highest BCUT2D eigenvalue weighted by molar-refractivity contribution is 7.57. The Morgan fingerprint density at radius 2 is 1.47 bits per heavy atom. The molecule has 86 valence electrons. The fraction of sp³-hybridized carbons (Fsp3) is 0.667. The Bertz CT molecular complexity index is 211. The molecule has 5 nitrogen and oxygen atoms in total. The molecular weight excluding hydrogens is 219 g/mol. The van der Waals surface area contributed by atoms with Crippen molar-refractivity contribution in [1.29, 1.82) is 0 Å². The van der Waals surface area contributed by atoms with Crippen LogP contribution in [-0.2, 0) is 14.4 Å². The highest BCUT2D eigenvalue weighted by Crippen LogP contribution is 2.37. The van der Waals surface area contributed by atoms with E-state index in [0.29, 0.717) is 24.9 Å². The predicted molar refractivity (Wildman–Crippen MR) is 56.7 cm³/mol. The van der Waals surface area contributed by atoms with Crippen LogP contribution in [0.15, 0.2) is 0 Å². The number of rotatable bonds is 9. The number of aliphatic carboxylic acids is 2. The van der Waals surface area contributed by atoms with Gasteiger partial charge >= 0.3 is 11.9 Å². The zero-order valence-electron chi connectivity index (χ0n) is 8.39. The fourth-order valence-electron chi connectivity index (χ4n) is 1.08. The maximum Gasteiger partial charge on any atom is 0.303 e. The molecule has 0 heterocycles. The lowest BCUT2D eigenvalue weighted by Gasteiger charge is -2.13. The zero-order valence-corrected chi connectivity index (χ0v) is 9.28. The van der Waals surface area contributed by atoms with Crippen molar-refractivity contribution in [3.8, 4) is 0 Å². The molecule has 0 aliphatic rings. The van der Waals surface area contributed by atoms with Gasteiger partial charge in [0.25, 0.3) is 0 Å². The monoisotopic (exact) mass is 234 g/mol. The van der Waals surface area contributed by atoms with Crippen LogP contribution in [-0.4, -0.2) is 46.9 Å². The van der Waals surface area contributed by atoms with Crippen LogP contribution in [0.1, 0.15) is 19.3 Å². The molecule has 2 N–H and O–H groups in total. The summed E-state index contributed by atoms with van der Waals surface area (Å²) in [6.45, 7) is 0. The molecule has 0 amide bonds. The van der Waals surface area contributed by atoms with Crippen LogP contribution in [0, 0.1) is 0 Å². The van der Waals surface area contributed by atoms with Gasteiger partial charge in [-0.25, -0.2) is 0 Å². The molecule has 15 heavy (non-hydrogen) atoms. The number of hydrogen-bond acceptors (Lipinski definition) is 3. The van der Waals surface area contributed by atoms with Gasteiger partial charge in [0.1, 0.15) is 6.29 Å². The minimum absolute atomic E-state index is 0.0597. The number of hydrogen-bond donors (Lipinski definition) is 2. The lowest BCUT2D eigenvalue weighted by Crippen LogP contribution is -2.05.